The predicted octanol–water partition coefficient (Wildman–Crippen LogP) is 1.23. The maximum atomic E-state index is 11.2. The molecule has 3 N–H and O–H groups in total. The van der Waals surface area contributed by atoms with Gasteiger partial charge < -0.3 is 10.4 Å². The van der Waals surface area contributed by atoms with E-state index in [1.54, 1.807) is 24.3 Å². The Hall–Kier alpha value is -1.11. The minimum atomic E-state index is -3.30. The molecule has 1 saturated carbocycles. The standard InChI is InChI=1S/C13H20N2O3S/c1-9(14-11-6-7-11)13(16)10-4-3-5-12(8-10)15-19(2,17)18/h3-5,8-9,11,13-16H,6-7H2,1-2H3/t9-,13-/m0/s1. The van der Waals surface area contributed by atoms with Crippen LogP contribution in [0.5, 0.6) is 0 Å². The molecule has 1 aromatic carbocycles. The van der Waals surface area contributed by atoms with Crippen molar-refractivity contribution in [2.75, 3.05) is 11.0 Å². The van der Waals surface area contributed by atoms with Crippen molar-refractivity contribution >= 4 is 15.7 Å². The normalized spacial score (nSPS) is 18.9. The smallest absolute Gasteiger partial charge is 0.229 e. The maximum Gasteiger partial charge on any atom is 0.229 e. The van der Waals surface area contributed by atoms with Gasteiger partial charge in [0.15, 0.2) is 0 Å². The summed E-state index contributed by atoms with van der Waals surface area (Å²) in [7, 11) is -3.30. The summed E-state index contributed by atoms with van der Waals surface area (Å²) in [5.41, 5.74) is 1.17. The summed E-state index contributed by atoms with van der Waals surface area (Å²) in [5, 5.41) is 13.6. The Balaban J connectivity index is 2.08. The molecule has 1 fully saturated rings. The van der Waals surface area contributed by atoms with E-state index >= 15 is 0 Å². The van der Waals surface area contributed by atoms with E-state index in [4.69, 9.17) is 0 Å². The third kappa shape index (κ3) is 4.49. The quantitative estimate of drug-likeness (QED) is 0.734. The van der Waals surface area contributed by atoms with Crippen molar-refractivity contribution in [2.45, 2.75) is 38.0 Å². The summed E-state index contributed by atoms with van der Waals surface area (Å²) >= 11 is 0. The van der Waals surface area contributed by atoms with Crippen LogP contribution in [0.15, 0.2) is 24.3 Å². The lowest BCUT2D eigenvalue weighted by molar-refractivity contribution is 0.135. The molecule has 1 aliphatic rings. The first-order valence-corrected chi connectivity index (χ1v) is 8.26. The lowest BCUT2D eigenvalue weighted by Gasteiger charge is -2.21. The number of hydrogen-bond donors (Lipinski definition) is 3. The van der Waals surface area contributed by atoms with E-state index in [0.717, 1.165) is 19.1 Å². The SMILES string of the molecule is C[C@H](NC1CC1)[C@H](O)c1cccc(NS(C)(=O)=O)c1. The van der Waals surface area contributed by atoms with Gasteiger partial charge in [-0.25, -0.2) is 8.42 Å². The maximum absolute atomic E-state index is 11.2. The van der Waals surface area contributed by atoms with Crippen molar-refractivity contribution in [3.63, 3.8) is 0 Å². The second-order valence-electron chi connectivity index (χ2n) is 5.17. The van der Waals surface area contributed by atoms with Crippen LogP contribution in [0.2, 0.25) is 0 Å². The fourth-order valence-electron chi connectivity index (χ4n) is 2.00. The Bertz CT molecular complexity index is 541. The van der Waals surface area contributed by atoms with Crippen LogP contribution in [0.1, 0.15) is 31.4 Å². The first-order valence-electron chi connectivity index (χ1n) is 6.37. The fourth-order valence-corrected chi connectivity index (χ4v) is 2.56. The summed E-state index contributed by atoms with van der Waals surface area (Å²) in [4.78, 5) is 0. The van der Waals surface area contributed by atoms with E-state index in [2.05, 4.69) is 10.0 Å². The van der Waals surface area contributed by atoms with E-state index in [9.17, 15) is 13.5 Å². The Labute approximate surface area is 114 Å². The van der Waals surface area contributed by atoms with Crippen LogP contribution in [-0.4, -0.2) is 31.9 Å². The van der Waals surface area contributed by atoms with Crippen molar-refractivity contribution in [2.24, 2.45) is 0 Å². The van der Waals surface area contributed by atoms with E-state index < -0.39 is 16.1 Å². The molecule has 0 bridgehead atoms. The molecule has 19 heavy (non-hydrogen) atoms. The minimum absolute atomic E-state index is 0.0546. The van der Waals surface area contributed by atoms with Gasteiger partial charge in [0, 0.05) is 17.8 Å². The topological polar surface area (TPSA) is 78.4 Å². The molecule has 2 atom stereocenters. The zero-order valence-corrected chi connectivity index (χ0v) is 11.9. The van der Waals surface area contributed by atoms with E-state index in [1.165, 1.54) is 0 Å². The molecule has 5 nitrogen and oxygen atoms in total. The zero-order valence-electron chi connectivity index (χ0n) is 11.1. The fraction of sp³-hybridized carbons (Fsp3) is 0.538. The number of aliphatic hydroxyl groups excluding tert-OH is 1. The molecule has 0 aliphatic heterocycles. The summed E-state index contributed by atoms with van der Waals surface area (Å²) in [6.07, 6.45) is 2.77. The van der Waals surface area contributed by atoms with E-state index in [1.807, 2.05) is 6.92 Å². The van der Waals surface area contributed by atoms with E-state index in [-0.39, 0.29) is 6.04 Å². The Morgan fingerprint density at radius 2 is 2.05 bits per heavy atom. The third-order valence-electron chi connectivity index (χ3n) is 3.08. The van der Waals surface area contributed by atoms with Gasteiger partial charge in [-0.2, -0.15) is 0 Å². The van der Waals surface area contributed by atoms with Gasteiger partial charge in [0.1, 0.15) is 0 Å². The average Bonchev–Trinajstić information content (AvgIpc) is 3.10. The van der Waals surface area contributed by atoms with Gasteiger partial charge in [0.25, 0.3) is 0 Å². The van der Waals surface area contributed by atoms with Gasteiger partial charge in [0.05, 0.1) is 12.4 Å². The number of hydrogen-bond acceptors (Lipinski definition) is 4. The van der Waals surface area contributed by atoms with Crippen LogP contribution in [0.4, 0.5) is 5.69 Å². The molecule has 0 spiro atoms. The molecule has 1 aliphatic carbocycles. The molecule has 0 heterocycles. The Morgan fingerprint density at radius 1 is 1.37 bits per heavy atom. The highest BCUT2D eigenvalue weighted by atomic mass is 32.2. The highest BCUT2D eigenvalue weighted by Gasteiger charge is 2.26. The van der Waals surface area contributed by atoms with Crippen LogP contribution in [0.25, 0.3) is 0 Å². The van der Waals surface area contributed by atoms with Gasteiger partial charge in [-0.05, 0) is 37.5 Å². The lowest BCUT2D eigenvalue weighted by Crippen LogP contribution is -2.33. The van der Waals surface area contributed by atoms with Crippen molar-refractivity contribution in [1.29, 1.82) is 0 Å². The highest BCUT2D eigenvalue weighted by molar-refractivity contribution is 7.92. The van der Waals surface area contributed by atoms with Crippen molar-refractivity contribution in [3.05, 3.63) is 29.8 Å². The second kappa shape index (κ2) is 5.48. The molecule has 0 saturated heterocycles. The van der Waals surface area contributed by atoms with Crippen molar-refractivity contribution < 1.29 is 13.5 Å². The van der Waals surface area contributed by atoms with Gasteiger partial charge in [-0.3, -0.25) is 4.72 Å². The van der Waals surface area contributed by atoms with Gasteiger partial charge in [0.2, 0.25) is 10.0 Å². The van der Waals surface area contributed by atoms with Crippen LogP contribution < -0.4 is 10.0 Å². The Kier molecular flexibility index (Phi) is 4.13. The molecule has 1 aromatic rings. The van der Waals surface area contributed by atoms with Crippen LogP contribution >= 0.6 is 0 Å². The molecule has 106 valence electrons. The summed E-state index contributed by atoms with van der Waals surface area (Å²) in [5.74, 6) is 0. The third-order valence-corrected chi connectivity index (χ3v) is 3.69. The lowest BCUT2D eigenvalue weighted by atomic mass is 10.0. The Morgan fingerprint density at radius 3 is 2.63 bits per heavy atom. The first kappa shape index (κ1) is 14.3. The largest absolute Gasteiger partial charge is 0.387 e. The first-order chi connectivity index (χ1) is 8.85. The monoisotopic (exact) mass is 284 g/mol. The molecule has 0 unspecified atom stereocenters. The van der Waals surface area contributed by atoms with Gasteiger partial charge in [-0.1, -0.05) is 12.1 Å². The molecule has 2 rings (SSSR count). The molecule has 0 aromatic heterocycles. The number of sulfonamides is 1. The summed E-state index contributed by atoms with van der Waals surface area (Å²) in [6, 6.07) is 7.31. The van der Waals surface area contributed by atoms with Crippen LogP contribution in [0, 0.1) is 0 Å². The molecule has 0 radical (unpaired) electrons. The average molecular weight is 284 g/mol. The number of benzene rings is 1. The number of rotatable bonds is 6. The molecule has 0 amide bonds. The van der Waals surface area contributed by atoms with Crippen molar-refractivity contribution in [1.82, 2.24) is 5.32 Å². The second-order valence-corrected chi connectivity index (χ2v) is 6.92. The van der Waals surface area contributed by atoms with Crippen molar-refractivity contribution in [3.8, 4) is 0 Å². The number of aliphatic hydroxyl groups is 1. The molecular weight excluding hydrogens is 264 g/mol. The predicted molar refractivity (Wildman–Crippen MR) is 75.5 cm³/mol. The van der Waals surface area contributed by atoms with Gasteiger partial charge in [-0.15, -0.1) is 0 Å². The molecule has 6 heteroatoms. The molecular formula is C13H20N2O3S. The van der Waals surface area contributed by atoms with E-state index in [0.29, 0.717) is 17.3 Å². The van der Waals surface area contributed by atoms with Crippen LogP contribution in [0.3, 0.4) is 0 Å². The number of anilines is 1. The summed E-state index contributed by atoms with van der Waals surface area (Å²) < 4.78 is 24.8. The minimum Gasteiger partial charge on any atom is -0.387 e. The summed E-state index contributed by atoms with van der Waals surface area (Å²) in [6.45, 7) is 1.93. The van der Waals surface area contributed by atoms with Crippen LogP contribution in [-0.2, 0) is 10.0 Å². The zero-order chi connectivity index (χ0) is 14.0. The highest BCUT2D eigenvalue weighted by Crippen LogP contribution is 2.25. The number of nitrogens with one attached hydrogen (secondary N) is 2. The van der Waals surface area contributed by atoms with Gasteiger partial charge >= 0.3 is 0 Å².